The summed E-state index contributed by atoms with van der Waals surface area (Å²) in [6.45, 7) is 3.41. The normalized spacial score (nSPS) is 12.7. The number of hydrogen-bond donors (Lipinski definition) is 1. The molecule has 0 amide bonds. The Labute approximate surface area is 133 Å². The molecule has 1 atom stereocenters. The second-order valence-corrected chi connectivity index (χ2v) is 5.76. The summed E-state index contributed by atoms with van der Waals surface area (Å²) >= 11 is 0. The highest BCUT2D eigenvalue weighted by Gasteiger charge is 2.28. The zero-order chi connectivity index (χ0) is 16.6. The fourth-order valence-corrected chi connectivity index (χ4v) is 2.75. The first-order chi connectivity index (χ1) is 11.0. The van der Waals surface area contributed by atoms with E-state index in [1.807, 2.05) is 48.5 Å². The van der Waals surface area contributed by atoms with Gasteiger partial charge in [-0.2, -0.15) is 0 Å². The maximum absolute atomic E-state index is 12.6. The van der Waals surface area contributed by atoms with Gasteiger partial charge in [-0.3, -0.25) is 0 Å². The van der Waals surface area contributed by atoms with Crippen LogP contribution in [0.4, 0.5) is 4.79 Å². The molecule has 23 heavy (non-hydrogen) atoms. The minimum absolute atomic E-state index is 0.315. The molecule has 0 saturated heterocycles. The van der Waals surface area contributed by atoms with Crippen LogP contribution >= 0.6 is 0 Å². The third-order valence-electron chi connectivity index (χ3n) is 3.84. The average molecular weight is 311 g/mol. The standard InChI is InChI=1S/C18H17NO4/c1-11(2)16(17(20)21)23-18(22)19-14-9-5-3-7-12(14)13-8-4-6-10-15(13)19/h3-11,16H,1-2H3,(H,20,21). The van der Waals surface area contributed by atoms with Crippen molar-refractivity contribution in [2.24, 2.45) is 5.92 Å². The number of ether oxygens (including phenoxy) is 1. The van der Waals surface area contributed by atoms with Gasteiger partial charge in [0.25, 0.3) is 0 Å². The molecule has 0 spiro atoms. The molecular formula is C18H17NO4. The molecule has 1 N–H and O–H groups in total. The molecule has 5 heteroatoms. The zero-order valence-electron chi connectivity index (χ0n) is 12.9. The van der Waals surface area contributed by atoms with Gasteiger partial charge in [0.2, 0.25) is 6.10 Å². The van der Waals surface area contributed by atoms with Crippen molar-refractivity contribution in [3.05, 3.63) is 48.5 Å². The zero-order valence-corrected chi connectivity index (χ0v) is 12.9. The van der Waals surface area contributed by atoms with E-state index in [0.29, 0.717) is 11.0 Å². The van der Waals surface area contributed by atoms with Crippen molar-refractivity contribution in [2.45, 2.75) is 20.0 Å². The Balaban J connectivity index is 2.14. The van der Waals surface area contributed by atoms with Crippen LogP contribution in [0.15, 0.2) is 48.5 Å². The molecule has 1 heterocycles. The Hall–Kier alpha value is -2.82. The summed E-state index contributed by atoms with van der Waals surface area (Å²) in [5, 5.41) is 11.1. The molecule has 0 aliphatic carbocycles. The first kappa shape index (κ1) is 15.1. The van der Waals surface area contributed by atoms with Gasteiger partial charge in [0.05, 0.1) is 11.0 Å². The highest BCUT2D eigenvalue weighted by molar-refractivity contribution is 6.12. The molecule has 0 saturated carbocycles. The highest BCUT2D eigenvalue weighted by atomic mass is 16.6. The number of rotatable bonds is 3. The van der Waals surface area contributed by atoms with Gasteiger partial charge in [-0.15, -0.1) is 0 Å². The maximum atomic E-state index is 12.6. The Morgan fingerprint density at radius 3 is 1.87 bits per heavy atom. The van der Waals surface area contributed by atoms with Gasteiger partial charge in [-0.25, -0.2) is 14.2 Å². The van der Waals surface area contributed by atoms with Gasteiger partial charge >= 0.3 is 12.1 Å². The van der Waals surface area contributed by atoms with Gasteiger partial charge in [0.1, 0.15) is 0 Å². The summed E-state index contributed by atoms with van der Waals surface area (Å²) in [6, 6.07) is 15.0. The maximum Gasteiger partial charge on any atom is 0.419 e. The van der Waals surface area contributed by atoms with Gasteiger partial charge in [-0.1, -0.05) is 50.2 Å². The van der Waals surface area contributed by atoms with Crippen LogP contribution in [-0.2, 0) is 9.53 Å². The van der Waals surface area contributed by atoms with E-state index in [0.717, 1.165) is 10.8 Å². The monoisotopic (exact) mass is 311 g/mol. The molecule has 0 aliphatic rings. The molecule has 0 fully saturated rings. The topological polar surface area (TPSA) is 68.5 Å². The van der Waals surface area contributed by atoms with Gasteiger partial charge in [0, 0.05) is 16.7 Å². The van der Waals surface area contributed by atoms with Crippen LogP contribution in [-0.4, -0.2) is 27.8 Å². The van der Waals surface area contributed by atoms with Crippen LogP contribution in [0.5, 0.6) is 0 Å². The predicted octanol–water partition coefficient (Wildman–Crippen LogP) is 3.89. The lowest BCUT2D eigenvalue weighted by atomic mass is 10.1. The Bertz CT molecular complexity index is 841. The van der Waals surface area contributed by atoms with Crippen molar-refractivity contribution < 1.29 is 19.4 Å². The Morgan fingerprint density at radius 1 is 0.957 bits per heavy atom. The minimum Gasteiger partial charge on any atom is -0.478 e. The van der Waals surface area contributed by atoms with Crippen LogP contribution < -0.4 is 0 Å². The molecule has 3 rings (SSSR count). The van der Waals surface area contributed by atoms with Crippen molar-refractivity contribution in [3.8, 4) is 0 Å². The number of hydrogen-bond acceptors (Lipinski definition) is 3. The van der Waals surface area contributed by atoms with Crippen LogP contribution in [0.3, 0.4) is 0 Å². The lowest BCUT2D eigenvalue weighted by Crippen LogP contribution is -2.33. The Kier molecular flexibility index (Phi) is 3.78. The fourth-order valence-electron chi connectivity index (χ4n) is 2.75. The molecule has 0 radical (unpaired) electrons. The van der Waals surface area contributed by atoms with Crippen molar-refractivity contribution >= 4 is 33.9 Å². The van der Waals surface area contributed by atoms with E-state index in [4.69, 9.17) is 4.74 Å². The lowest BCUT2D eigenvalue weighted by Gasteiger charge is -2.17. The smallest absolute Gasteiger partial charge is 0.419 e. The highest BCUT2D eigenvalue weighted by Crippen LogP contribution is 2.29. The quantitative estimate of drug-likeness (QED) is 0.797. The van der Waals surface area contributed by atoms with E-state index in [1.54, 1.807) is 13.8 Å². The fraction of sp³-hybridized carbons (Fsp3) is 0.222. The molecular weight excluding hydrogens is 294 g/mol. The summed E-state index contributed by atoms with van der Waals surface area (Å²) in [6.07, 6.45) is -1.86. The molecule has 3 aromatic rings. The van der Waals surface area contributed by atoms with E-state index in [1.165, 1.54) is 4.57 Å². The molecule has 1 unspecified atom stereocenters. The number of carbonyl (C=O) groups is 2. The van der Waals surface area contributed by atoms with Crippen molar-refractivity contribution in [1.82, 2.24) is 4.57 Å². The number of benzene rings is 2. The molecule has 118 valence electrons. The largest absolute Gasteiger partial charge is 0.478 e. The van der Waals surface area contributed by atoms with Crippen molar-refractivity contribution in [3.63, 3.8) is 0 Å². The van der Waals surface area contributed by atoms with E-state index in [-0.39, 0.29) is 5.92 Å². The Morgan fingerprint density at radius 2 is 1.43 bits per heavy atom. The number of carbonyl (C=O) groups excluding carboxylic acids is 1. The van der Waals surface area contributed by atoms with E-state index in [9.17, 15) is 14.7 Å². The minimum atomic E-state index is -1.18. The first-order valence-electron chi connectivity index (χ1n) is 7.42. The van der Waals surface area contributed by atoms with Gasteiger partial charge in [0.15, 0.2) is 0 Å². The third kappa shape index (κ3) is 2.54. The first-order valence-corrected chi connectivity index (χ1v) is 7.42. The van der Waals surface area contributed by atoms with E-state index in [2.05, 4.69) is 0 Å². The average Bonchev–Trinajstić information content (AvgIpc) is 2.86. The van der Waals surface area contributed by atoms with E-state index >= 15 is 0 Å². The van der Waals surface area contributed by atoms with Crippen molar-refractivity contribution in [1.29, 1.82) is 0 Å². The molecule has 5 nitrogen and oxygen atoms in total. The summed E-state index contributed by atoms with van der Waals surface area (Å²) in [5.41, 5.74) is 1.40. The summed E-state index contributed by atoms with van der Waals surface area (Å²) in [5.74, 6) is -1.46. The number of carboxylic acid groups (broad SMARTS) is 1. The molecule has 2 aromatic carbocycles. The van der Waals surface area contributed by atoms with Crippen LogP contribution in [0.2, 0.25) is 0 Å². The van der Waals surface area contributed by atoms with Gasteiger partial charge < -0.3 is 9.84 Å². The second kappa shape index (κ2) is 5.76. The number of carboxylic acids is 1. The number of fused-ring (bicyclic) bond motifs is 3. The van der Waals surface area contributed by atoms with Crippen LogP contribution in [0.25, 0.3) is 21.8 Å². The lowest BCUT2D eigenvalue weighted by molar-refractivity contribution is -0.149. The molecule has 0 aliphatic heterocycles. The third-order valence-corrected chi connectivity index (χ3v) is 3.84. The number of nitrogens with zero attached hydrogens (tertiary/aromatic N) is 1. The van der Waals surface area contributed by atoms with Gasteiger partial charge in [-0.05, 0) is 12.1 Å². The molecule has 1 aromatic heterocycles. The summed E-state index contributed by atoms with van der Waals surface area (Å²) < 4.78 is 6.69. The van der Waals surface area contributed by atoms with E-state index < -0.39 is 18.2 Å². The molecule has 0 bridgehead atoms. The van der Waals surface area contributed by atoms with Crippen LogP contribution in [0, 0.1) is 5.92 Å². The number of aromatic nitrogens is 1. The van der Waals surface area contributed by atoms with Crippen LogP contribution in [0.1, 0.15) is 13.8 Å². The number of para-hydroxylation sites is 2. The summed E-state index contributed by atoms with van der Waals surface area (Å²) in [7, 11) is 0. The SMILES string of the molecule is CC(C)C(OC(=O)n1c2ccccc2c2ccccc21)C(=O)O. The second-order valence-electron chi connectivity index (χ2n) is 5.76. The van der Waals surface area contributed by atoms with Crippen molar-refractivity contribution in [2.75, 3.05) is 0 Å². The predicted molar refractivity (Wildman–Crippen MR) is 87.6 cm³/mol. The number of aliphatic carboxylic acids is 1. The summed E-state index contributed by atoms with van der Waals surface area (Å²) in [4.78, 5) is 23.9.